The highest BCUT2D eigenvalue weighted by molar-refractivity contribution is 7.89. The highest BCUT2D eigenvalue weighted by atomic mass is 32.2. The normalized spacial score (nSPS) is 22.2. The van der Waals surface area contributed by atoms with Crippen molar-refractivity contribution in [3.05, 3.63) is 28.8 Å². The maximum absolute atomic E-state index is 13.4. The van der Waals surface area contributed by atoms with Gasteiger partial charge in [-0.15, -0.1) is 0 Å². The number of ether oxygens (including phenoxy) is 1. The van der Waals surface area contributed by atoms with E-state index in [1.165, 1.54) is 11.2 Å². The number of nitrogens with one attached hydrogen (secondary N) is 1. The predicted octanol–water partition coefficient (Wildman–Crippen LogP) is 5.03. The summed E-state index contributed by atoms with van der Waals surface area (Å²) < 4.78 is 83.6. The number of piperidine rings is 1. The Balaban J connectivity index is 1.32. The Morgan fingerprint density at radius 3 is 2.30 bits per heavy atom. The molecule has 0 unspecified atom stereocenters. The zero-order chi connectivity index (χ0) is 33.7. The molecular weight excluding hydrogens is 628 g/mol. The molecule has 1 aromatic rings. The number of amides is 2. The average Bonchev–Trinajstić information content (AvgIpc) is 3.30. The minimum absolute atomic E-state index is 0.00214. The van der Waals surface area contributed by atoms with Crippen LogP contribution in [0.3, 0.4) is 0 Å². The summed E-state index contributed by atoms with van der Waals surface area (Å²) in [6, 6.07) is 3.69. The lowest BCUT2D eigenvalue weighted by Gasteiger charge is -2.35. The molecule has 2 amide bonds. The summed E-state index contributed by atoms with van der Waals surface area (Å²) >= 11 is 0. The molecule has 258 valence electrons. The van der Waals surface area contributed by atoms with Gasteiger partial charge < -0.3 is 15.0 Å². The summed E-state index contributed by atoms with van der Waals surface area (Å²) in [5, 5.41) is 2.92. The van der Waals surface area contributed by atoms with E-state index in [0.29, 0.717) is 37.2 Å². The van der Waals surface area contributed by atoms with Crippen LogP contribution < -0.4 is 10.2 Å². The standard InChI is InChI=1S/C32H46F4N4O5S/c1-22-20-27(40(24(3)41)16-18-45-17-13-33)21-23(2)28(22)9-19-46(43,44)39-14-11-31(12-15-39)30(42)37-29(38-31)26-6-4-25(5-7-26)8-10-32(34,35)36/h20-21,25-26H,4-19H2,1-3H3,(H,37,38,42). The van der Waals surface area contributed by atoms with Gasteiger partial charge in [-0.05, 0) is 100.0 Å². The molecule has 1 saturated heterocycles. The van der Waals surface area contributed by atoms with Crippen molar-refractivity contribution in [1.82, 2.24) is 9.62 Å². The van der Waals surface area contributed by atoms with Crippen LogP contribution in [0.25, 0.3) is 0 Å². The third-order valence-corrected chi connectivity index (χ3v) is 11.5. The number of benzene rings is 1. The van der Waals surface area contributed by atoms with Gasteiger partial charge in [0, 0.05) is 44.6 Å². The van der Waals surface area contributed by atoms with Gasteiger partial charge in [-0.2, -0.15) is 13.2 Å². The first-order chi connectivity index (χ1) is 21.6. The Labute approximate surface area is 269 Å². The lowest BCUT2D eigenvalue weighted by atomic mass is 9.79. The fourth-order valence-corrected chi connectivity index (χ4v) is 8.42. The number of amidine groups is 1. The Bertz CT molecular complexity index is 1360. The number of nitrogens with zero attached hydrogens (tertiary/aromatic N) is 3. The van der Waals surface area contributed by atoms with Crippen LogP contribution in [0.15, 0.2) is 17.1 Å². The van der Waals surface area contributed by atoms with E-state index in [9.17, 15) is 35.6 Å². The lowest BCUT2D eigenvalue weighted by Crippen LogP contribution is -2.51. The van der Waals surface area contributed by atoms with Crippen molar-refractivity contribution < 1.29 is 40.3 Å². The quantitative estimate of drug-likeness (QED) is 0.234. The number of sulfonamides is 1. The van der Waals surface area contributed by atoms with Crippen LogP contribution in [-0.2, 0) is 30.8 Å². The number of hydrogen-bond acceptors (Lipinski definition) is 6. The third-order valence-electron chi connectivity index (χ3n) is 9.67. The summed E-state index contributed by atoms with van der Waals surface area (Å²) in [5.74, 6) is 0.118. The van der Waals surface area contributed by atoms with Crippen LogP contribution in [0.5, 0.6) is 0 Å². The summed E-state index contributed by atoms with van der Waals surface area (Å²) in [6.45, 7) is 5.39. The molecular formula is C32H46F4N4O5S. The molecule has 2 aliphatic heterocycles. The second-order valence-corrected chi connectivity index (χ2v) is 14.9. The van der Waals surface area contributed by atoms with Crippen molar-refractivity contribution in [2.24, 2.45) is 16.8 Å². The fraction of sp³-hybridized carbons (Fsp3) is 0.719. The fourth-order valence-electron chi connectivity index (χ4n) is 6.96. The van der Waals surface area contributed by atoms with Gasteiger partial charge in [-0.3, -0.25) is 14.6 Å². The minimum Gasteiger partial charge on any atom is -0.377 e. The van der Waals surface area contributed by atoms with Crippen LogP contribution in [0.4, 0.5) is 23.2 Å². The van der Waals surface area contributed by atoms with Gasteiger partial charge in [-0.25, -0.2) is 17.1 Å². The smallest absolute Gasteiger partial charge is 0.377 e. The first-order valence-corrected chi connectivity index (χ1v) is 17.7. The molecule has 0 radical (unpaired) electrons. The molecule has 0 atom stereocenters. The van der Waals surface area contributed by atoms with Gasteiger partial charge in [0.25, 0.3) is 5.91 Å². The van der Waals surface area contributed by atoms with Crippen molar-refractivity contribution in [1.29, 1.82) is 0 Å². The molecule has 4 rings (SSSR count). The van der Waals surface area contributed by atoms with Crippen LogP contribution >= 0.6 is 0 Å². The van der Waals surface area contributed by atoms with Gasteiger partial charge in [0.15, 0.2) is 0 Å². The molecule has 1 spiro atoms. The van der Waals surface area contributed by atoms with Crippen molar-refractivity contribution in [2.75, 3.05) is 50.2 Å². The second kappa shape index (κ2) is 15.1. The Hall–Kier alpha value is -2.58. The van der Waals surface area contributed by atoms with E-state index in [0.717, 1.165) is 16.7 Å². The summed E-state index contributed by atoms with van der Waals surface area (Å²) in [6.07, 6.45) is -1.26. The van der Waals surface area contributed by atoms with E-state index in [2.05, 4.69) is 5.32 Å². The van der Waals surface area contributed by atoms with Crippen LogP contribution in [0.2, 0.25) is 0 Å². The maximum atomic E-state index is 13.4. The number of carbonyl (C=O) groups is 2. The molecule has 2 heterocycles. The van der Waals surface area contributed by atoms with Crippen molar-refractivity contribution in [2.45, 2.75) is 90.3 Å². The van der Waals surface area contributed by atoms with E-state index in [1.807, 2.05) is 26.0 Å². The highest BCUT2D eigenvalue weighted by Gasteiger charge is 2.48. The molecule has 1 aliphatic carbocycles. The summed E-state index contributed by atoms with van der Waals surface area (Å²) in [7, 11) is -3.63. The molecule has 3 aliphatic rings. The third kappa shape index (κ3) is 9.06. The minimum atomic E-state index is -4.15. The van der Waals surface area contributed by atoms with Gasteiger partial charge in [-0.1, -0.05) is 0 Å². The lowest BCUT2D eigenvalue weighted by molar-refractivity contribution is -0.138. The van der Waals surface area contributed by atoms with E-state index < -0.39 is 34.8 Å². The number of alkyl halides is 4. The summed E-state index contributed by atoms with van der Waals surface area (Å²) in [5.41, 5.74) is 2.27. The first-order valence-electron chi connectivity index (χ1n) is 16.1. The second-order valence-electron chi connectivity index (χ2n) is 12.8. The number of halogens is 4. The van der Waals surface area contributed by atoms with E-state index in [-0.39, 0.29) is 87.9 Å². The highest BCUT2D eigenvalue weighted by Crippen LogP contribution is 2.38. The Kier molecular flexibility index (Phi) is 11.9. The molecule has 0 aromatic heterocycles. The molecule has 2 fully saturated rings. The molecule has 9 nitrogen and oxygen atoms in total. The van der Waals surface area contributed by atoms with Crippen LogP contribution in [-0.4, -0.2) is 87.4 Å². The largest absolute Gasteiger partial charge is 0.389 e. The number of aliphatic imine (C=N–C) groups is 1. The van der Waals surface area contributed by atoms with E-state index in [1.54, 1.807) is 4.90 Å². The van der Waals surface area contributed by atoms with Crippen molar-refractivity contribution in [3.8, 4) is 0 Å². The number of aryl methyl sites for hydroxylation is 2. The molecule has 1 saturated carbocycles. The molecule has 14 heteroatoms. The number of anilines is 1. The van der Waals surface area contributed by atoms with Crippen molar-refractivity contribution >= 4 is 33.4 Å². The van der Waals surface area contributed by atoms with Crippen LogP contribution in [0.1, 0.15) is 75.0 Å². The molecule has 46 heavy (non-hydrogen) atoms. The van der Waals surface area contributed by atoms with Crippen molar-refractivity contribution in [3.63, 3.8) is 0 Å². The van der Waals surface area contributed by atoms with Crippen LogP contribution in [0, 0.1) is 25.7 Å². The zero-order valence-electron chi connectivity index (χ0n) is 26.9. The number of carbonyl (C=O) groups excluding carboxylic acids is 2. The zero-order valence-corrected chi connectivity index (χ0v) is 27.7. The van der Waals surface area contributed by atoms with Gasteiger partial charge in [0.2, 0.25) is 15.9 Å². The average molecular weight is 675 g/mol. The molecule has 0 bridgehead atoms. The monoisotopic (exact) mass is 674 g/mol. The van der Waals surface area contributed by atoms with E-state index in [4.69, 9.17) is 9.73 Å². The predicted molar refractivity (Wildman–Crippen MR) is 168 cm³/mol. The summed E-state index contributed by atoms with van der Waals surface area (Å²) in [4.78, 5) is 31.7. The SMILES string of the molecule is CC(=O)N(CCOCCF)c1cc(C)c(CCS(=O)(=O)N2CCC3(CC2)N=C(C2CCC(CCC(F)(F)F)CC2)NC3=O)c(C)c1. The Morgan fingerprint density at radius 1 is 1.11 bits per heavy atom. The molecule has 1 aromatic carbocycles. The maximum Gasteiger partial charge on any atom is 0.389 e. The number of rotatable bonds is 13. The first kappa shape index (κ1) is 36.3. The Morgan fingerprint density at radius 2 is 1.74 bits per heavy atom. The van der Waals surface area contributed by atoms with E-state index >= 15 is 0 Å². The molecule has 1 N–H and O–H groups in total. The topological polar surface area (TPSA) is 108 Å². The van der Waals surface area contributed by atoms with Gasteiger partial charge in [0.1, 0.15) is 18.0 Å². The number of hydrogen-bond donors (Lipinski definition) is 1. The van der Waals surface area contributed by atoms with Gasteiger partial charge in [0.05, 0.1) is 19.0 Å². The van der Waals surface area contributed by atoms with Gasteiger partial charge >= 0.3 is 6.18 Å².